The normalized spacial score (nSPS) is 27.2. The lowest BCUT2D eigenvalue weighted by atomic mass is 9.84. The molecule has 72 valence electrons. The lowest BCUT2D eigenvalue weighted by Gasteiger charge is -2.32. The highest BCUT2D eigenvalue weighted by Crippen LogP contribution is 2.29. The van der Waals surface area contributed by atoms with Crippen LogP contribution in [0.4, 0.5) is 0 Å². The Hall–Kier alpha value is -0.830. The summed E-state index contributed by atoms with van der Waals surface area (Å²) < 4.78 is 7.48. The molecule has 3 heteroatoms. The van der Waals surface area contributed by atoms with Crippen molar-refractivity contribution in [1.29, 1.82) is 0 Å². The molecule has 13 heavy (non-hydrogen) atoms. The van der Waals surface area contributed by atoms with Crippen molar-refractivity contribution in [3.63, 3.8) is 0 Å². The van der Waals surface area contributed by atoms with Gasteiger partial charge in [-0.05, 0) is 24.8 Å². The van der Waals surface area contributed by atoms with Gasteiger partial charge in [-0.15, -0.1) is 0 Å². The van der Waals surface area contributed by atoms with Crippen LogP contribution in [0.5, 0.6) is 0 Å². The predicted molar refractivity (Wildman–Crippen MR) is 50.2 cm³/mol. The fourth-order valence-corrected chi connectivity index (χ4v) is 1.71. The summed E-state index contributed by atoms with van der Waals surface area (Å²) in [7, 11) is 1.93. The highest BCUT2D eigenvalue weighted by Gasteiger charge is 2.25. The van der Waals surface area contributed by atoms with E-state index < -0.39 is 0 Å². The number of hydrogen-bond acceptors (Lipinski definition) is 2. The summed E-state index contributed by atoms with van der Waals surface area (Å²) >= 11 is 0. The largest absolute Gasteiger partial charge is 0.372 e. The molecule has 0 N–H and O–H groups in total. The third kappa shape index (κ3) is 2.10. The zero-order valence-electron chi connectivity index (χ0n) is 8.23. The zero-order valence-corrected chi connectivity index (χ0v) is 8.23. The van der Waals surface area contributed by atoms with Gasteiger partial charge < -0.3 is 4.74 Å². The maximum Gasteiger partial charge on any atom is 0.0910 e. The molecular weight excluding hydrogens is 164 g/mol. The lowest BCUT2D eigenvalue weighted by molar-refractivity contribution is -0.0365. The van der Waals surface area contributed by atoms with E-state index in [0.717, 1.165) is 11.6 Å². The number of nitrogens with zero attached hydrogens (tertiary/aromatic N) is 2. The first-order chi connectivity index (χ1) is 6.24. The minimum atomic E-state index is 0.483. The van der Waals surface area contributed by atoms with Crippen molar-refractivity contribution < 1.29 is 4.74 Å². The molecule has 0 aromatic carbocycles. The van der Waals surface area contributed by atoms with Gasteiger partial charge in [0.2, 0.25) is 0 Å². The van der Waals surface area contributed by atoms with E-state index in [1.807, 2.05) is 24.0 Å². The number of aromatic nitrogens is 2. The number of rotatable bonds is 3. The van der Waals surface area contributed by atoms with E-state index in [1.165, 1.54) is 12.8 Å². The topological polar surface area (TPSA) is 27.1 Å². The van der Waals surface area contributed by atoms with Crippen molar-refractivity contribution in [1.82, 2.24) is 9.78 Å². The SMILES string of the molecule is CC1CC(OCc2ccn(C)n2)C1. The van der Waals surface area contributed by atoms with Crippen LogP contribution in [0.3, 0.4) is 0 Å². The Balaban J connectivity index is 1.74. The Morgan fingerprint density at radius 3 is 2.92 bits per heavy atom. The standard InChI is InChI=1S/C10H16N2O/c1-8-5-10(6-8)13-7-9-3-4-12(2)11-9/h3-4,8,10H,5-7H2,1-2H3. The Kier molecular flexibility index (Phi) is 2.36. The highest BCUT2D eigenvalue weighted by atomic mass is 16.5. The van der Waals surface area contributed by atoms with Crippen LogP contribution in [-0.2, 0) is 18.4 Å². The fraction of sp³-hybridized carbons (Fsp3) is 0.700. The highest BCUT2D eigenvalue weighted by molar-refractivity contribution is 4.96. The molecule has 2 rings (SSSR count). The van der Waals surface area contributed by atoms with Gasteiger partial charge in [-0.2, -0.15) is 5.10 Å². The Morgan fingerprint density at radius 2 is 2.38 bits per heavy atom. The maximum atomic E-state index is 5.67. The Bertz CT molecular complexity index is 276. The summed E-state index contributed by atoms with van der Waals surface area (Å²) in [5, 5.41) is 4.25. The molecule has 1 heterocycles. The van der Waals surface area contributed by atoms with Crippen LogP contribution in [0.25, 0.3) is 0 Å². The van der Waals surface area contributed by atoms with Crippen LogP contribution in [0.15, 0.2) is 12.3 Å². The fourth-order valence-electron chi connectivity index (χ4n) is 1.71. The molecule has 1 aliphatic rings. The minimum Gasteiger partial charge on any atom is -0.372 e. The van der Waals surface area contributed by atoms with E-state index in [1.54, 1.807) is 0 Å². The Morgan fingerprint density at radius 1 is 1.62 bits per heavy atom. The maximum absolute atomic E-state index is 5.67. The summed E-state index contributed by atoms with van der Waals surface area (Å²) in [4.78, 5) is 0. The predicted octanol–water partition coefficient (Wildman–Crippen LogP) is 1.74. The summed E-state index contributed by atoms with van der Waals surface area (Å²) in [5.74, 6) is 0.855. The average Bonchev–Trinajstić information content (AvgIpc) is 2.43. The van der Waals surface area contributed by atoms with Crippen LogP contribution in [-0.4, -0.2) is 15.9 Å². The van der Waals surface area contributed by atoms with E-state index >= 15 is 0 Å². The van der Waals surface area contributed by atoms with Gasteiger partial charge in [-0.3, -0.25) is 4.68 Å². The average molecular weight is 180 g/mol. The van der Waals surface area contributed by atoms with Gasteiger partial charge in [-0.1, -0.05) is 6.92 Å². The molecule has 0 unspecified atom stereocenters. The second-order valence-electron chi connectivity index (χ2n) is 3.99. The van der Waals surface area contributed by atoms with Gasteiger partial charge in [0.05, 0.1) is 18.4 Å². The molecule has 0 amide bonds. The van der Waals surface area contributed by atoms with Crippen molar-refractivity contribution in [3.05, 3.63) is 18.0 Å². The summed E-state index contributed by atoms with van der Waals surface area (Å²) in [6.45, 7) is 2.93. The number of ether oxygens (including phenoxy) is 1. The molecule has 0 radical (unpaired) electrons. The van der Waals surface area contributed by atoms with Crippen LogP contribution < -0.4 is 0 Å². The Labute approximate surface area is 78.7 Å². The van der Waals surface area contributed by atoms with Gasteiger partial charge >= 0.3 is 0 Å². The van der Waals surface area contributed by atoms with Crippen LogP contribution in [0.2, 0.25) is 0 Å². The third-order valence-electron chi connectivity index (χ3n) is 2.57. The van der Waals surface area contributed by atoms with E-state index in [4.69, 9.17) is 4.74 Å². The summed E-state index contributed by atoms with van der Waals surface area (Å²) in [6.07, 6.45) is 4.86. The van der Waals surface area contributed by atoms with E-state index in [2.05, 4.69) is 12.0 Å². The smallest absolute Gasteiger partial charge is 0.0910 e. The zero-order chi connectivity index (χ0) is 9.26. The van der Waals surface area contributed by atoms with E-state index in [9.17, 15) is 0 Å². The van der Waals surface area contributed by atoms with Gasteiger partial charge in [0.1, 0.15) is 0 Å². The van der Waals surface area contributed by atoms with Crippen LogP contribution in [0.1, 0.15) is 25.5 Å². The monoisotopic (exact) mass is 180 g/mol. The van der Waals surface area contributed by atoms with Gasteiger partial charge in [0, 0.05) is 13.2 Å². The molecular formula is C10H16N2O. The van der Waals surface area contributed by atoms with Crippen molar-refractivity contribution >= 4 is 0 Å². The van der Waals surface area contributed by atoms with E-state index in [0.29, 0.717) is 12.7 Å². The minimum absolute atomic E-state index is 0.483. The van der Waals surface area contributed by atoms with Gasteiger partial charge in [0.25, 0.3) is 0 Å². The molecule has 1 aromatic rings. The lowest BCUT2D eigenvalue weighted by Crippen LogP contribution is -2.29. The second kappa shape index (κ2) is 3.50. The molecule has 0 spiro atoms. The third-order valence-corrected chi connectivity index (χ3v) is 2.57. The number of aryl methyl sites for hydroxylation is 1. The molecule has 1 aliphatic carbocycles. The van der Waals surface area contributed by atoms with Gasteiger partial charge in [-0.25, -0.2) is 0 Å². The molecule has 0 bridgehead atoms. The molecule has 0 atom stereocenters. The molecule has 1 fully saturated rings. The molecule has 0 aliphatic heterocycles. The van der Waals surface area contributed by atoms with Crippen molar-refractivity contribution in [2.45, 2.75) is 32.5 Å². The van der Waals surface area contributed by atoms with Crippen molar-refractivity contribution in [2.75, 3.05) is 0 Å². The molecule has 1 aromatic heterocycles. The van der Waals surface area contributed by atoms with Crippen molar-refractivity contribution in [3.8, 4) is 0 Å². The first-order valence-electron chi connectivity index (χ1n) is 4.84. The molecule has 3 nitrogen and oxygen atoms in total. The molecule has 1 saturated carbocycles. The number of hydrogen-bond donors (Lipinski definition) is 0. The quantitative estimate of drug-likeness (QED) is 0.708. The van der Waals surface area contributed by atoms with Crippen molar-refractivity contribution in [2.24, 2.45) is 13.0 Å². The van der Waals surface area contributed by atoms with Gasteiger partial charge in [0.15, 0.2) is 0 Å². The van der Waals surface area contributed by atoms with Crippen LogP contribution >= 0.6 is 0 Å². The second-order valence-corrected chi connectivity index (χ2v) is 3.99. The van der Waals surface area contributed by atoms with Crippen LogP contribution in [0, 0.1) is 5.92 Å². The summed E-state index contributed by atoms with van der Waals surface area (Å²) in [5.41, 5.74) is 1.03. The first kappa shape index (κ1) is 8.75. The molecule has 0 saturated heterocycles. The first-order valence-corrected chi connectivity index (χ1v) is 4.84. The summed E-state index contributed by atoms with van der Waals surface area (Å²) in [6, 6.07) is 2.00. The van der Waals surface area contributed by atoms with E-state index in [-0.39, 0.29) is 0 Å².